The second-order valence-corrected chi connectivity index (χ2v) is 16.7. The summed E-state index contributed by atoms with van der Waals surface area (Å²) in [5.74, 6) is -1.22. The van der Waals surface area contributed by atoms with Crippen LogP contribution in [0.15, 0.2) is 127 Å². The molecule has 7 aromatic carbocycles. The summed E-state index contributed by atoms with van der Waals surface area (Å²) in [7, 11) is 0. The van der Waals surface area contributed by atoms with Gasteiger partial charge in [-0.15, -0.1) is 0 Å². The quantitative estimate of drug-likeness (QED) is 0.171. The number of carbonyl (C=O) groups is 2. The molecule has 0 spiro atoms. The van der Waals surface area contributed by atoms with Crippen LogP contribution in [0.25, 0.3) is 44.5 Å². The molecule has 2 N–H and O–H groups in total. The fourth-order valence-corrected chi connectivity index (χ4v) is 10.1. The highest BCUT2D eigenvalue weighted by Crippen LogP contribution is 2.46. The maximum atomic E-state index is 11.6. The maximum Gasteiger partial charge on any atom is 0.335 e. The van der Waals surface area contributed by atoms with Crippen molar-refractivity contribution in [1.82, 2.24) is 0 Å². The molecule has 4 aliphatic heterocycles. The first-order valence-electron chi connectivity index (χ1n) is 19.8. The minimum atomic E-state index is -0.923. The van der Waals surface area contributed by atoms with E-state index < -0.39 is 11.9 Å². The summed E-state index contributed by atoms with van der Waals surface area (Å²) < 4.78 is 0. The zero-order valence-corrected chi connectivity index (χ0v) is 32.1. The largest absolute Gasteiger partial charge is 0.478 e. The number of fused-ring (bicyclic) bond motifs is 10. The minimum absolute atomic E-state index is 0.0761. The van der Waals surface area contributed by atoms with Crippen LogP contribution in [0.3, 0.4) is 0 Å². The van der Waals surface area contributed by atoms with E-state index in [4.69, 9.17) is 0 Å². The number of anilines is 3. The van der Waals surface area contributed by atoms with Crippen LogP contribution in [0, 0.1) is 0 Å². The highest BCUT2D eigenvalue weighted by atomic mass is 16.4. The second-order valence-electron chi connectivity index (χ2n) is 16.7. The van der Waals surface area contributed by atoms with Gasteiger partial charge in [-0.25, -0.2) is 9.59 Å². The first-order chi connectivity index (χ1) is 27.6. The monoisotopic (exact) mass is 737 g/mol. The van der Waals surface area contributed by atoms with Crippen molar-refractivity contribution in [2.75, 3.05) is 4.90 Å². The van der Waals surface area contributed by atoms with Gasteiger partial charge in [0.25, 0.3) is 0 Å². The third kappa shape index (κ3) is 4.72. The fraction of sp³-hybridized carbons (Fsp3) is 0.120. The number of rotatable bonds is 6. The molecule has 0 bridgehead atoms. The maximum absolute atomic E-state index is 11.6. The lowest BCUT2D eigenvalue weighted by Crippen LogP contribution is -2.63. The van der Waals surface area contributed by atoms with Crippen LogP contribution in [0.1, 0.15) is 71.4 Å². The summed E-state index contributed by atoms with van der Waals surface area (Å²) in [4.78, 5) is 25.8. The van der Waals surface area contributed by atoms with E-state index in [1.54, 1.807) is 24.3 Å². The van der Waals surface area contributed by atoms with Gasteiger partial charge in [0.05, 0.1) is 11.1 Å². The van der Waals surface area contributed by atoms with E-state index in [2.05, 4.69) is 111 Å². The van der Waals surface area contributed by atoms with E-state index >= 15 is 0 Å². The molecule has 0 aromatic heterocycles. The predicted molar refractivity (Wildman–Crippen MR) is 234 cm³/mol. The molecule has 5 nitrogen and oxygen atoms in total. The molecular weight excluding hydrogens is 700 g/mol. The summed E-state index contributed by atoms with van der Waals surface area (Å²) in [5, 5.41) is 19.1. The Morgan fingerprint density at radius 2 is 0.877 bits per heavy atom. The van der Waals surface area contributed by atoms with Crippen LogP contribution in [0.4, 0.5) is 17.1 Å². The average molecular weight is 737 g/mol. The van der Waals surface area contributed by atoms with E-state index in [1.165, 1.54) is 83.2 Å². The van der Waals surface area contributed by atoms with Gasteiger partial charge in [0, 0.05) is 17.1 Å². The van der Waals surface area contributed by atoms with Gasteiger partial charge in [-0.3, -0.25) is 0 Å². The molecule has 4 aliphatic rings. The van der Waals surface area contributed by atoms with Crippen molar-refractivity contribution in [2.45, 2.75) is 39.5 Å². The smallest absolute Gasteiger partial charge is 0.335 e. The molecule has 272 valence electrons. The Bertz CT molecular complexity index is 2740. The molecule has 7 aromatic rings. The molecule has 0 saturated heterocycles. The molecule has 0 fully saturated rings. The van der Waals surface area contributed by atoms with Crippen molar-refractivity contribution in [3.8, 4) is 44.5 Å². The molecule has 0 atom stereocenters. The zero-order valence-electron chi connectivity index (χ0n) is 32.1. The molecule has 57 heavy (non-hydrogen) atoms. The molecule has 0 amide bonds. The van der Waals surface area contributed by atoms with E-state index in [9.17, 15) is 19.8 Å². The molecule has 0 unspecified atom stereocenters. The van der Waals surface area contributed by atoms with Gasteiger partial charge in [-0.2, -0.15) is 0 Å². The zero-order chi connectivity index (χ0) is 39.0. The standard InChI is InChI=1S/C50H37B2NO4/c1-26(2)34-22-38-36-20-32(28-8-12-30(13-9-28)49(54)55)16-18-40(36)51-42-6-5-7-43-48(42)53(44(24-34)46(38)51)45-25-35(27(3)4)23-39-37-21-33(17-19-41(37)52(43)47(39)45)29-10-14-31(15-11-29)50(56)57/h5-27H,1-4H3,(H,54,55)(H,56,57). The van der Waals surface area contributed by atoms with Gasteiger partial charge < -0.3 is 15.1 Å². The van der Waals surface area contributed by atoms with Crippen LogP contribution >= 0.6 is 0 Å². The first kappa shape index (κ1) is 33.7. The molecule has 0 aliphatic carbocycles. The Labute approximate surface area is 332 Å². The Morgan fingerprint density at radius 1 is 0.474 bits per heavy atom. The number of carboxylic acids is 2. The van der Waals surface area contributed by atoms with Crippen molar-refractivity contribution in [2.24, 2.45) is 0 Å². The molecule has 0 saturated carbocycles. The van der Waals surface area contributed by atoms with Gasteiger partial charge in [0.1, 0.15) is 0 Å². The number of carboxylic acid groups (broad SMARTS) is 2. The third-order valence-electron chi connectivity index (χ3n) is 12.9. The van der Waals surface area contributed by atoms with Crippen molar-refractivity contribution in [3.63, 3.8) is 0 Å². The van der Waals surface area contributed by atoms with Crippen molar-refractivity contribution in [1.29, 1.82) is 0 Å². The normalized spacial score (nSPS) is 13.4. The topological polar surface area (TPSA) is 77.8 Å². The lowest BCUT2D eigenvalue weighted by Gasteiger charge is -2.43. The lowest BCUT2D eigenvalue weighted by molar-refractivity contribution is 0.0686. The van der Waals surface area contributed by atoms with Crippen molar-refractivity contribution in [3.05, 3.63) is 150 Å². The summed E-state index contributed by atoms with van der Waals surface area (Å²) in [6.45, 7) is 9.25. The number of benzene rings is 7. The molecule has 11 rings (SSSR count). The van der Waals surface area contributed by atoms with Crippen LogP contribution in [0.5, 0.6) is 0 Å². The van der Waals surface area contributed by atoms with Gasteiger partial charge >= 0.3 is 11.9 Å². The summed E-state index contributed by atoms with van der Waals surface area (Å²) in [6, 6.07) is 44.7. The first-order valence-corrected chi connectivity index (χ1v) is 19.8. The second kappa shape index (κ2) is 12.0. The van der Waals surface area contributed by atoms with Crippen LogP contribution < -0.4 is 37.7 Å². The van der Waals surface area contributed by atoms with Gasteiger partial charge in [-0.05, 0) is 138 Å². The average Bonchev–Trinajstić information content (AvgIpc) is 3.73. The summed E-state index contributed by atoms with van der Waals surface area (Å²) >= 11 is 0. The van der Waals surface area contributed by atoms with E-state index in [0.717, 1.165) is 22.3 Å². The fourth-order valence-electron chi connectivity index (χ4n) is 10.1. The summed E-state index contributed by atoms with van der Waals surface area (Å²) in [6.07, 6.45) is 0. The minimum Gasteiger partial charge on any atom is -0.478 e. The van der Waals surface area contributed by atoms with Crippen LogP contribution in [0.2, 0.25) is 0 Å². The van der Waals surface area contributed by atoms with Gasteiger partial charge in [-0.1, -0.05) is 117 Å². The van der Waals surface area contributed by atoms with E-state index in [1.807, 2.05) is 24.3 Å². The number of hydrogen-bond acceptors (Lipinski definition) is 3. The predicted octanol–water partition coefficient (Wildman–Crippen LogP) is 7.75. The van der Waals surface area contributed by atoms with Crippen LogP contribution in [-0.2, 0) is 0 Å². The van der Waals surface area contributed by atoms with Gasteiger partial charge in [0.2, 0.25) is 13.4 Å². The Balaban J connectivity index is 1.15. The lowest BCUT2D eigenvalue weighted by atomic mass is 9.32. The van der Waals surface area contributed by atoms with Crippen molar-refractivity contribution < 1.29 is 19.8 Å². The number of aromatic carboxylic acids is 2. The Kier molecular flexibility index (Phi) is 7.07. The highest BCUT2D eigenvalue weighted by Gasteiger charge is 2.50. The number of nitrogens with zero attached hydrogens (tertiary/aromatic N) is 1. The van der Waals surface area contributed by atoms with Crippen molar-refractivity contribution >= 4 is 75.2 Å². The van der Waals surface area contributed by atoms with E-state index in [0.29, 0.717) is 11.8 Å². The molecule has 0 radical (unpaired) electrons. The SMILES string of the molecule is CC(C)c1cc2c3c(c1)N1c4cc(C(C)C)cc5c4B(c4ccc(-c6ccc(C(=O)O)cc6)cc4-5)c4cccc(c41)B3c1ccc(-c3ccc(C(=O)O)cc3)cc1-2. The van der Waals surface area contributed by atoms with Gasteiger partial charge in [0.15, 0.2) is 0 Å². The van der Waals surface area contributed by atoms with E-state index in [-0.39, 0.29) is 24.6 Å². The number of hydrogen-bond donors (Lipinski definition) is 2. The van der Waals surface area contributed by atoms with Crippen LogP contribution in [-0.4, -0.2) is 35.6 Å². The Morgan fingerprint density at radius 3 is 1.26 bits per heavy atom. The molecular formula is C50H37B2NO4. The highest BCUT2D eigenvalue weighted by molar-refractivity contribution is 7.05. The number of para-hydroxylation sites is 1. The summed E-state index contributed by atoms with van der Waals surface area (Å²) in [5.41, 5.74) is 24.1. The molecule has 7 heteroatoms. The third-order valence-corrected chi connectivity index (χ3v) is 12.9. The Hall–Kier alpha value is -6.59. The molecule has 4 heterocycles.